The average Bonchev–Trinajstić information content (AvgIpc) is 3.46. The molecule has 1 heterocycles. The Morgan fingerprint density at radius 1 is 1.16 bits per heavy atom. The van der Waals surface area contributed by atoms with Gasteiger partial charge in [0, 0.05) is 11.6 Å². The lowest BCUT2D eigenvalue weighted by molar-refractivity contribution is 0.102. The van der Waals surface area contributed by atoms with Crippen molar-refractivity contribution in [2.75, 3.05) is 17.1 Å². The lowest BCUT2D eigenvalue weighted by atomic mass is 10.1. The SMILES string of the molecule is COc1ccc(NC(=O)c2cnoc2C2CC2)cc1S(=O)(=O)Nc1c(C)cccc1C. The van der Waals surface area contributed by atoms with Gasteiger partial charge in [-0.3, -0.25) is 9.52 Å². The van der Waals surface area contributed by atoms with E-state index in [2.05, 4.69) is 15.2 Å². The third kappa shape index (κ3) is 4.27. The van der Waals surface area contributed by atoms with Crippen molar-refractivity contribution in [3.05, 3.63) is 65.0 Å². The highest BCUT2D eigenvalue weighted by molar-refractivity contribution is 7.92. The number of hydrogen-bond acceptors (Lipinski definition) is 6. The van der Waals surface area contributed by atoms with Crippen LogP contribution in [-0.2, 0) is 10.0 Å². The molecular weight excluding hydrogens is 418 g/mol. The Bertz CT molecular complexity index is 1230. The first-order chi connectivity index (χ1) is 14.8. The topological polar surface area (TPSA) is 111 Å². The lowest BCUT2D eigenvalue weighted by Crippen LogP contribution is -2.17. The van der Waals surface area contributed by atoms with Gasteiger partial charge in [0.05, 0.1) is 19.0 Å². The largest absolute Gasteiger partial charge is 0.495 e. The Kier molecular flexibility index (Phi) is 5.45. The smallest absolute Gasteiger partial charge is 0.265 e. The second-order valence-corrected chi connectivity index (χ2v) is 9.22. The quantitative estimate of drug-likeness (QED) is 0.568. The molecule has 1 saturated carbocycles. The number of amides is 1. The van der Waals surface area contributed by atoms with Crippen molar-refractivity contribution < 1.29 is 22.5 Å². The van der Waals surface area contributed by atoms with E-state index in [0.717, 1.165) is 24.0 Å². The molecule has 0 bridgehead atoms. The normalized spacial score (nSPS) is 13.6. The van der Waals surface area contributed by atoms with Gasteiger partial charge in [0.1, 0.15) is 16.2 Å². The molecule has 0 aliphatic heterocycles. The molecule has 31 heavy (non-hydrogen) atoms. The molecule has 9 heteroatoms. The lowest BCUT2D eigenvalue weighted by Gasteiger charge is -2.16. The van der Waals surface area contributed by atoms with Gasteiger partial charge in [-0.05, 0) is 56.0 Å². The zero-order valence-corrected chi connectivity index (χ0v) is 18.2. The Balaban J connectivity index is 1.64. The van der Waals surface area contributed by atoms with Crippen molar-refractivity contribution in [3.8, 4) is 5.75 Å². The van der Waals surface area contributed by atoms with Crippen LogP contribution in [0.25, 0.3) is 0 Å². The number of ether oxygens (including phenoxy) is 1. The molecule has 8 nitrogen and oxygen atoms in total. The molecule has 2 N–H and O–H groups in total. The molecule has 2 aromatic carbocycles. The number of anilines is 2. The second-order valence-electron chi connectivity index (χ2n) is 7.57. The van der Waals surface area contributed by atoms with Crippen LogP contribution in [0.4, 0.5) is 11.4 Å². The Morgan fingerprint density at radius 2 is 1.87 bits per heavy atom. The first-order valence-electron chi connectivity index (χ1n) is 9.83. The van der Waals surface area contributed by atoms with Gasteiger partial charge >= 0.3 is 0 Å². The molecule has 0 spiro atoms. The summed E-state index contributed by atoms with van der Waals surface area (Å²) in [7, 11) is -2.59. The zero-order valence-electron chi connectivity index (χ0n) is 17.4. The third-order valence-corrected chi connectivity index (χ3v) is 6.59. The van der Waals surface area contributed by atoms with Gasteiger partial charge in [0.25, 0.3) is 15.9 Å². The third-order valence-electron chi connectivity index (χ3n) is 5.22. The first-order valence-corrected chi connectivity index (χ1v) is 11.3. The fourth-order valence-corrected chi connectivity index (χ4v) is 4.79. The number of nitrogens with zero attached hydrogens (tertiary/aromatic N) is 1. The molecule has 3 aromatic rings. The number of rotatable bonds is 7. The summed E-state index contributed by atoms with van der Waals surface area (Å²) in [6.07, 6.45) is 3.31. The van der Waals surface area contributed by atoms with E-state index in [4.69, 9.17) is 9.26 Å². The molecule has 0 radical (unpaired) electrons. The van der Waals surface area contributed by atoms with Gasteiger partial charge in [-0.2, -0.15) is 0 Å². The van der Waals surface area contributed by atoms with Crippen LogP contribution in [0.15, 0.2) is 52.0 Å². The summed E-state index contributed by atoms with van der Waals surface area (Å²) in [6.45, 7) is 3.66. The van der Waals surface area contributed by atoms with Crippen LogP contribution in [0.2, 0.25) is 0 Å². The summed E-state index contributed by atoms with van der Waals surface area (Å²) in [6, 6.07) is 9.98. The van der Waals surface area contributed by atoms with Gasteiger partial charge in [-0.25, -0.2) is 8.42 Å². The summed E-state index contributed by atoms with van der Waals surface area (Å²) >= 11 is 0. The van der Waals surface area contributed by atoms with Crippen molar-refractivity contribution in [3.63, 3.8) is 0 Å². The molecule has 0 saturated heterocycles. The van der Waals surface area contributed by atoms with Crippen LogP contribution >= 0.6 is 0 Å². The van der Waals surface area contributed by atoms with E-state index in [-0.39, 0.29) is 16.6 Å². The summed E-state index contributed by atoms with van der Waals surface area (Å²) in [5.41, 5.74) is 2.78. The van der Waals surface area contributed by atoms with Crippen LogP contribution in [0.1, 0.15) is 46.0 Å². The van der Waals surface area contributed by atoms with Crippen LogP contribution < -0.4 is 14.8 Å². The summed E-state index contributed by atoms with van der Waals surface area (Å²) < 4.78 is 39.5. The highest BCUT2D eigenvalue weighted by Crippen LogP contribution is 2.41. The summed E-state index contributed by atoms with van der Waals surface area (Å²) in [5.74, 6) is 0.548. The molecule has 162 valence electrons. The molecule has 4 rings (SSSR count). The van der Waals surface area contributed by atoms with E-state index >= 15 is 0 Å². The fourth-order valence-electron chi connectivity index (χ4n) is 3.39. The van der Waals surface area contributed by atoms with E-state index in [1.807, 2.05) is 32.0 Å². The summed E-state index contributed by atoms with van der Waals surface area (Å²) in [4.78, 5) is 12.6. The number of methoxy groups -OCH3 is 1. The van der Waals surface area contributed by atoms with Gasteiger partial charge in [0.2, 0.25) is 0 Å². The maximum Gasteiger partial charge on any atom is 0.265 e. The van der Waals surface area contributed by atoms with Crippen LogP contribution in [-0.4, -0.2) is 26.6 Å². The molecule has 0 unspecified atom stereocenters. The first kappa shape index (κ1) is 20.9. The number of nitrogens with one attached hydrogen (secondary N) is 2. The van der Waals surface area contributed by atoms with E-state index in [0.29, 0.717) is 22.7 Å². The van der Waals surface area contributed by atoms with Crippen LogP contribution in [0.3, 0.4) is 0 Å². The Morgan fingerprint density at radius 3 is 2.52 bits per heavy atom. The number of carbonyl (C=O) groups excluding carboxylic acids is 1. The van der Waals surface area contributed by atoms with Crippen molar-refractivity contribution in [1.29, 1.82) is 0 Å². The van der Waals surface area contributed by atoms with Gasteiger partial charge < -0.3 is 14.6 Å². The Hall–Kier alpha value is -3.33. The minimum Gasteiger partial charge on any atom is -0.495 e. The predicted molar refractivity (Wildman–Crippen MR) is 116 cm³/mol. The molecule has 1 fully saturated rings. The van der Waals surface area contributed by atoms with Crippen molar-refractivity contribution in [2.45, 2.75) is 37.5 Å². The minimum atomic E-state index is -3.98. The highest BCUT2D eigenvalue weighted by atomic mass is 32.2. The van der Waals surface area contributed by atoms with Gasteiger partial charge in [-0.1, -0.05) is 23.4 Å². The highest BCUT2D eigenvalue weighted by Gasteiger charge is 2.32. The van der Waals surface area contributed by atoms with Crippen molar-refractivity contribution >= 4 is 27.3 Å². The van der Waals surface area contributed by atoms with E-state index in [1.54, 1.807) is 6.07 Å². The minimum absolute atomic E-state index is 0.0804. The number of hydrogen-bond donors (Lipinski definition) is 2. The monoisotopic (exact) mass is 441 g/mol. The average molecular weight is 442 g/mol. The molecule has 0 atom stereocenters. The number of benzene rings is 2. The van der Waals surface area contributed by atoms with Gasteiger partial charge in [-0.15, -0.1) is 0 Å². The van der Waals surface area contributed by atoms with Crippen molar-refractivity contribution in [1.82, 2.24) is 5.16 Å². The maximum atomic E-state index is 13.2. The molecule has 1 aliphatic rings. The zero-order chi connectivity index (χ0) is 22.2. The van der Waals surface area contributed by atoms with Crippen molar-refractivity contribution in [2.24, 2.45) is 0 Å². The molecular formula is C22H23N3O5S. The second kappa shape index (κ2) is 8.07. The summed E-state index contributed by atoms with van der Waals surface area (Å²) in [5, 5.41) is 6.46. The number of carbonyl (C=O) groups is 1. The fraction of sp³-hybridized carbons (Fsp3) is 0.273. The molecule has 1 aliphatic carbocycles. The Labute approximate surface area is 180 Å². The number of para-hydroxylation sites is 1. The number of sulfonamides is 1. The number of aromatic nitrogens is 1. The van der Waals surface area contributed by atoms with Gasteiger partial charge in [0.15, 0.2) is 5.76 Å². The van der Waals surface area contributed by atoms with Crippen LogP contribution in [0, 0.1) is 13.8 Å². The maximum absolute atomic E-state index is 13.2. The molecule has 1 aromatic heterocycles. The molecule has 1 amide bonds. The predicted octanol–water partition coefficient (Wildman–Crippen LogP) is 4.23. The van der Waals surface area contributed by atoms with E-state index in [1.165, 1.54) is 25.4 Å². The van der Waals surface area contributed by atoms with E-state index in [9.17, 15) is 13.2 Å². The number of aryl methyl sites for hydroxylation is 2. The standard InChI is InChI=1S/C22H23N3O5S/c1-13-5-4-6-14(2)20(13)25-31(27,28)19-11-16(9-10-18(19)29-3)24-22(26)17-12-23-30-21(17)15-7-8-15/h4-6,9-12,15,25H,7-8H2,1-3H3,(H,24,26). The van der Waals surface area contributed by atoms with E-state index < -0.39 is 15.9 Å². The van der Waals surface area contributed by atoms with Crippen LogP contribution in [0.5, 0.6) is 5.75 Å².